The van der Waals surface area contributed by atoms with Crippen LogP contribution in [-0.2, 0) is 0 Å². The van der Waals surface area contributed by atoms with Gasteiger partial charge in [0, 0.05) is 16.2 Å². The molecular weight excluding hydrogens is 536 g/mol. The van der Waals surface area contributed by atoms with Crippen molar-refractivity contribution in [3.05, 3.63) is 146 Å². The summed E-state index contributed by atoms with van der Waals surface area (Å²) in [6.07, 6.45) is 1.78. The first-order chi connectivity index (χ1) is 21.8. The summed E-state index contributed by atoms with van der Waals surface area (Å²) in [5.74, 6) is 0. The third-order valence-electron chi connectivity index (χ3n) is 9.32. The minimum Gasteiger partial charge on any atom is -0.460 e. The number of rotatable bonds is 2. The molecule has 2 aromatic heterocycles. The molecule has 0 bridgehead atoms. The minimum atomic E-state index is 0.784. The zero-order valence-corrected chi connectivity index (χ0v) is 23.7. The largest absolute Gasteiger partial charge is 0.460 e. The van der Waals surface area contributed by atoms with Gasteiger partial charge < -0.3 is 8.83 Å². The number of para-hydroxylation sites is 1. The normalized spacial score (nSPS) is 12.1. The van der Waals surface area contributed by atoms with Crippen molar-refractivity contribution in [1.82, 2.24) is 0 Å². The van der Waals surface area contributed by atoms with Crippen LogP contribution in [0.3, 0.4) is 0 Å². The molecule has 0 radical (unpaired) electrons. The lowest BCUT2D eigenvalue weighted by Crippen LogP contribution is -1.92. The van der Waals surface area contributed by atoms with Crippen LogP contribution in [0.15, 0.2) is 155 Å². The predicted octanol–water partition coefficient (Wildman–Crippen LogP) is 12.3. The van der Waals surface area contributed by atoms with Crippen LogP contribution in [0, 0.1) is 0 Å². The summed E-state index contributed by atoms with van der Waals surface area (Å²) in [7, 11) is 0. The summed E-state index contributed by atoms with van der Waals surface area (Å²) in [5.41, 5.74) is 7.32. The molecule has 2 heterocycles. The first kappa shape index (κ1) is 23.7. The van der Waals surface area contributed by atoms with Gasteiger partial charge in [0.15, 0.2) is 11.2 Å². The van der Waals surface area contributed by atoms with E-state index in [2.05, 4.69) is 127 Å². The third-order valence-corrected chi connectivity index (χ3v) is 9.32. The third kappa shape index (κ3) is 3.14. The van der Waals surface area contributed by atoms with Crippen molar-refractivity contribution in [2.45, 2.75) is 0 Å². The Kier molecular flexibility index (Phi) is 4.75. The fraction of sp³-hybridized carbons (Fsp3) is 0. The molecule has 0 N–H and O–H groups in total. The molecule has 0 saturated carbocycles. The molecule has 10 aromatic rings. The van der Waals surface area contributed by atoms with Gasteiger partial charge in [0.05, 0.1) is 6.26 Å². The van der Waals surface area contributed by atoms with Crippen LogP contribution in [0.2, 0.25) is 0 Å². The van der Waals surface area contributed by atoms with Crippen molar-refractivity contribution < 1.29 is 8.83 Å². The van der Waals surface area contributed by atoms with E-state index in [0.29, 0.717) is 0 Å². The smallest absolute Gasteiger partial charge is 0.178 e. The van der Waals surface area contributed by atoms with Gasteiger partial charge in [-0.05, 0) is 89.6 Å². The van der Waals surface area contributed by atoms with Crippen molar-refractivity contribution in [2.24, 2.45) is 0 Å². The summed E-state index contributed by atoms with van der Waals surface area (Å²) in [4.78, 5) is 0. The van der Waals surface area contributed by atoms with Gasteiger partial charge in [-0.15, -0.1) is 0 Å². The second-order valence-corrected chi connectivity index (χ2v) is 11.6. The van der Waals surface area contributed by atoms with Crippen molar-refractivity contribution in [3.8, 4) is 22.3 Å². The highest BCUT2D eigenvalue weighted by Gasteiger charge is 2.22. The van der Waals surface area contributed by atoms with Gasteiger partial charge in [-0.25, -0.2) is 0 Å². The molecule has 10 rings (SSSR count). The van der Waals surface area contributed by atoms with Crippen molar-refractivity contribution >= 4 is 76.0 Å². The molecule has 8 aromatic carbocycles. The first-order valence-electron chi connectivity index (χ1n) is 15.0. The quantitative estimate of drug-likeness (QED) is 0.155. The highest BCUT2D eigenvalue weighted by Crippen LogP contribution is 2.49. The Morgan fingerprint density at radius 1 is 0.341 bits per heavy atom. The minimum absolute atomic E-state index is 0.784. The Balaban J connectivity index is 1.40. The molecule has 0 aliphatic carbocycles. The van der Waals surface area contributed by atoms with Gasteiger partial charge in [0.2, 0.25) is 0 Å². The van der Waals surface area contributed by atoms with Gasteiger partial charge in [0.1, 0.15) is 5.58 Å². The Morgan fingerprint density at radius 3 is 1.55 bits per heavy atom. The maximum atomic E-state index is 6.35. The molecule has 0 aliphatic heterocycles. The van der Waals surface area contributed by atoms with Crippen LogP contribution in [0.5, 0.6) is 0 Å². The molecule has 0 atom stereocenters. The Labute approximate surface area is 252 Å². The zero-order chi connectivity index (χ0) is 28.8. The monoisotopic (exact) mass is 560 g/mol. The zero-order valence-electron chi connectivity index (χ0n) is 23.7. The van der Waals surface area contributed by atoms with Gasteiger partial charge >= 0.3 is 0 Å². The van der Waals surface area contributed by atoms with E-state index in [4.69, 9.17) is 8.83 Å². The van der Waals surface area contributed by atoms with Crippen molar-refractivity contribution in [1.29, 1.82) is 0 Å². The van der Waals surface area contributed by atoms with E-state index >= 15 is 0 Å². The van der Waals surface area contributed by atoms with Crippen LogP contribution < -0.4 is 0 Å². The molecule has 0 spiro atoms. The summed E-state index contributed by atoms with van der Waals surface area (Å²) < 4.78 is 12.5. The lowest BCUT2D eigenvalue weighted by atomic mass is 9.83. The molecule has 2 heteroatoms. The van der Waals surface area contributed by atoms with Crippen LogP contribution in [0.25, 0.3) is 98.3 Å². The van der Waals surface area contributed by atoms with Crippen LogP contribution in [-0.4, -0.2) is 0 Å². The number of fused-ring (bicyclic) bond motifs is 10. The predicted molar refractivity (Wildman–Crippen MR) is 184 cm³/mol. The molecule has 0 unspecified atom stereocenters. The van der Waals surface area contributed by atoms with E-state index in [1.54, 1.807) is 6.26 Å². The molecule has 2 nitrogen and oxygen atoms in total. The van der Waals surface area contributed by atoms with Crippen molar-refractivity contribution in [2.75, 3.05) is 0 Å². The van der Waals surface area contributed by atoms with Gasteiger partial charge in [-0.1, -0.05) is 115 Å². The maximum absolute atomic E-state index is 6.35. The van der Waals surface area contributed by atoms with E-state index < -0.39 is 0 Å². The fourth-order valence-electron chi connectivity index (χ4n) is 7.47. The first-order valence-corrected chi connectivity index (χ1v) is 15.0. The second-order valence-electron chi connectivity index (χ2n) is 11.6. The molecule has 0 fully saturated rings. The molecule has 204 valence electrons. The molecule has 0 saturated heterocycles. The molecular formula is C42H24O2. The topological polar surface area (TPSA) is 26.3 Å². The van der Waals surface area contributed by atoms with E-state index in [1.807, 2.05) is 12.1 Å². The Morgan fingerprint density at radius 2 is 0.864 bits per heavy atom. The van der Waals surface area contributed by atoms with E-state index in [0.717, 1.165) is 38.5 Å². The van der Waals surface area contributed by atoms with Crippen LogP contribution in [0.4, 0.5) is 0 Å². The fourth-order valence-corrected chi connectivity index (χ4v) is 7.47. The van der Waals surface area contributed by atoms with E-state index in [1.165, 1.54) is 59.8 Å². The lowest BCUT2D eigenvalue weighted by molar-refractivity contribution is 0.600. The van der Waals surface area contributed by atoms with E-state index in [9.17, 15) is 0 Å². The average Bonchev–Trinajstić information content (AvgIpc) is 3.72. The average molecular weight is 561 g/mol. The maximum Gasteiger partial charge on any atom is 0.178 e. The Bertz CT molecular complexity index is 2720. The molecule has 0 amide bonds. The number of hydrogen-bond acceptors (Lipinski definition) is 2. The summed E-state index contributed by atoms with van der Waals surface area (Å²) in [5, 5.41) is 13.2. The number of benzene rings is 8. The molecule has 44 heavy (non-hydrogen) atoms. The van der Waals surface area contributed by atoms with Crippen LogP contribution in [0.1, 0.15) is 0 Å². The summed E-state index contributed by atoms with van der Waals surface area (Å²) >= 11 is 0. The standard InChI is InChI=1S/C42H24O2/c1-2-12-26-25(11-1)23-35(28-14-4-3-13-27(26)28)39-30-16-5-7-18-32(30)40(33-19-8-6-17-31(33)39)36-24-37-29-15-9-10-20-38(29)44-42(37)41-34(36)21-22-43-41/h1-24H. The lowest BCUT2D eigenvalue weighted by Gasteiger charge is -2.20. The van der Waals surface area contributed by atoms with Crippen molar-refractivity contribution in [3.63, 3.8) is 0 Å². The van der Waals surface area contributed by atoms with Gasteiger partial charge in [-0.2, -0.15) is 0 Å². The van der Waals surface area contributed by atoms with Crippen LogP contribution >= 0.6 is 0 Å². The summed E-state index contributed by atoms with van der Waals surface area (Å²) in [6, 6.07) is 50.3. The SMILES string of the molecule is c1ccc2c(c1)cc(-c1c3ccccc3c(-c3cc4c5ccccc5oc4c4occc34)c3ccccc13)c1ccccc12. The van der Waals surface area contributed by atoms with Gasteiger partial charge in [0.25, 0.3) is 0 Å². The van der Waals surface area contributed by atoms with Gasteiger partial charge in [-0.3, -0.25) is 0 Å². The molecule has 0 aliphatic rings. The van der Waals surface area contributed by atoms with E-state index in [-0.39, 0.29) is 0 Å². The number of hydrogen-bond donors (Lipinski definition) is 0. The summed E-state index contributed by atoms with van der Waals surface area (Å²) in [6.45, 7) is 0. The highest BCUT2D eigenvalue weighted by atomic mass is 16.4. The second kappa shape index (κ2) is 8.82. The Hall–Kier alpha value is -5.86. The highest BCUT2D eigenvalue weighted by molar-refractivity contribution is 6.28. The number of furan rings is 2.